The maximum absolute atomic E-state index is 12.0. The van der Waals surface area contributed by atoms with E-state index in [1.54, 1.807) is 18.5 Å². The van der Waals surface area contributed by atoms with Crippen LogP contribution in [0.5, 0.6) is 0 Å². The minimum absolute atomic E-state index is 0.113. The van der Waals surface area contributed by atoms with Crippen molar-refractivity contribution in [1.82, 2.24) is 4.98 Å². The Labute approximate surface area is 186 Å². The van der Waals surface area contributed by atoms with E-state index in [9.17, 15) is 4.79 Å². The van der Waals surface area contributed by atoms with Gasteiger partial charge in [0.15, 0.2) is 0 Å². The lowest BCUT2D eigenvalue weighted by atomic mass is 9.87. The molecule has 166 valence electrons. The number of aromatic nitrogens is 1. The number of pyridine rings is 1. The number of nitrogens with zero attached hydrogens (tertiary/aromatic N) is 1. The van der Waals surface area contributed by atoms with Crippen molar-refractivity contribution in [3.63, 3.8) is 0 Å². The van der Waals surface area contributed by atoms with E-state index >= 15 is 0 Å². The second-order valence-electron chi connectivity index (χ2n) is 9.44. The lowest BCUT2D eigenvalue weighted by Gasteiger charge is -2.19. The van der Waals surface area contributed by atoms with E-state index in [1.165, 1.54) is 18.4 Å². The molecule has 31 heavy (non-hydrogen) atoms. The van der Waals surface area contributed by atoms with Crippen LogP contribution in [0.25, 0.3) is 0 Å². The number of carbonyl (C=O) groups is 1. The van der Waals surface area contributed by atoms with Gasteiger partial charge in [-0.15, -0.1) is 0 Å². The van der Waals surface area contributed by atoms with E-state index in [4.69, 9.17) is 9.47 Å². The Balaban J connectivity index is 0.000000597. The van der Waals surface area contributed by atoms with Crippen molar-refractivity contribution in [2.75, 3.05) is 18.5 Å². The van der Waals surface area contributed by atoms with E-state index in [0.29, 0.717) is 11.3 Å². The van der Waals surface area contributed by atoms with Gasteiger partial charge in [-0.3, -0.25) is 10.3 Å². The Morgan fingerprint density at radius 2 is 1.65 bits per heavy atom. The summed E-state index contributed by atoms with van der Waals surface area (Å²) in [5.74, 6) is 6.23. The Morgan fingerprint density at radius 1 is 1.00 bits per heavy atom. The number of anilines is 1. The van der Waals surface area contributed by atoms with Gasteiger partial charge in [0, 0.05) is 25.0 Å². The predicted molar refractivity (Wildman–Crippen MR) is 125 cm³/mol. The monoisotopic (exact) mass is 422 g/mol. The van der Waals surface area contributed by atoms with Crippen molar-refractivity contribution in [3.05, 3.63) is 59.4 Å². The lowest BCUT2D eigenvalue weighted by molar-refractivity contribution is 0.0636. The Bertz CT molecular complexity index is 899. The summed E-state index contributed by atoms with van der Waals surface area (Å²) >= 11 is 0. The fourth-order valence-electron chi connectivity index (χ4n) is 2.72. The van der Waals surface area contributed by atoms with Crippen LogP contribution in [0.1, 0.15) is 71.1 Å². The molecule has 1 aromatic carbocycles. The van der Waals surface area contributed by atoms with Crippen molar-refractivity contribution in [1.29, 1.82) is 0 Å². The van der Waals surface area contributed by atoms with Crippen molar-refractivity contribution in [3.8, 4) is 11.8 Å². The molecule has 1 saturated heterocycles. The minimum Gasteiger partial charge on any atom is -0.444 e. The van der Waals surface area contributed by atoms with Crippen molar-refractivity contribution in [2.45, 2.75) is 65.4 Å². The topological polar surface area (TPSA) is 60.5 Å². The van der Waals surface area contributed by atoms with Crippen LogP contribution in [0.3, 0.4) is 0 Å². The molecule has 1 N–H and O–H groups in total. The maximum atomic E-state index is 12.0. The van der Waals surface area contributed by atoms with Crippen LogP contribution in [0, 0.1) is 11.8 Å². The molecule has 2 heterocycles. The molecule has 5 heteroatoms. The number of rotatable bonds is 1. The zero-order valence-corrected chi connectivity index (χ0v) is 19.5. The molecule has 0 spiro atoms. The normalized spacial score (nSPS) is 13.4. The molecular formula is C26H34N2O3. The van der Waals surface area contributed by atoms with Gasteiger partial charge < -0.3 is 9.47 Å². The standard InChI is InChI=1S/C22H26N2O2.C4H8O/c1-21(2,3)18-11-8-16(9-12-18)7-10-17-13-14-23-15-19(17)24-20(25)26-22(4,5)6;1-2-4-5-3-1/h8-9,11-15H,1-6H3,(H,24,25);1-4H2. The molecule has 1 fully saturated rings. The average Bonchev–Trinajstić information content (AvgIpc) is 3.25. The molecule has 0 unspecified atom stereocenters. The molecule has 2 aromatic rings. The molecule has 3 rings (SSSR count). The van der Waals surface area contributed by atoms with Gasteiger partial charge in [-0.1, -0.05) is 44.7 Å². The molecule has 1 aliphatic rings. The van der Waals surface area contributed by atoms with Crippen molar-refractivity contribution in [2.24, 2.45) is 0 Å². The second kappa shape index (κ2) is 11.0. The maximum Gasteiger partial charge on any atom is 0.412 e. The van der Waals surface area contributed by atoms with E-state index in [-0.39, 0.29) is 5.41 Å². The number of hydrogen-bond acceptors (Lipinski definition) is 4. The first kappa shape index (κ1) is 24.4. The Hall–Kier alpha value is -2.84. The van der Waals surface area contributed by atoms with Gasteiger partial charge >= 0.3 is 6.09 Å². The molecule has 0 saturated carbocycles. The summed E-state index contributed by atoms with van der Waals surface area (Å²) in [5.41, 5.74) is 2.94. The van der Waals surface area contributed by atoms with Gasteiger partial charge in [-0.05, 0) is 62.8 Å². The highest BCUT2D eigenvalue weighted by Crippen LogP contribution is 2.22. The van der Waals surface area contributed by atoms with Crippen LogP contribution in [0.4, 0.5) is 10.5 Å². The number of ether oxygens (including phenoxy) is 2. The van der Waals surface area contributed by atoms with Crippen LogP contribution < -0.4 is 5.32 Å². The SMILES string of the molecule is C1CCOC1.CC(C)(C)OC(=O)Nc1cnccc1C#Cc1ccc(C(C)(C)C)cc1. The minimum atomic E-state index is -0.563. The molecule has 0 atom stereocenters. The third kappa shape index (κ3) is 9.23. The molecule has 1 amide bonds. The third-order valence-electron chi connectivity index (χ3n) is 4.38. The van der Waals surface area contributed by atoms with Gasteiger partial charge in [0.25, 0.3) is 0 Å². The summed E-state index contributed by atoms with van der Waals surface area (Å²) in [4.78, 5) is 16.0. The van der Waals surface area contributed by atoms with Crippen LogP contribution in [0.15, 0.2) is 42.7 Å². The van der Waals surface area contributed by atoms with Crippen LogP contribution in [-0.4, -0.2) is 29.9 Å². The molecule has 0 bridgehead atoms. The highest BCUT2D eigenvalue weighted by molar-refractivity contribution is 5.86. The summed E-state index contributed by atoms with van der Waals surface area (Å²) in [6.07, 6.45) is 5.24. The molecule has 1 aromatic heterocycles. The van der Waals surface area contributed by atoms with Gasteiger partial charge in [-0.2, -0.15) is 0 Å². The molecule has 1 aliphatic heterocycles. The fraction of sp³-hybridized carbons (Fsp3) is 0.462. The van der Waals surface area contributed by atoms with Crippen molar-refractivity contribution < 1.29 is 14.3 Å². The summed E-state index contributed by atoms with van der Waals surface area (Å²) in [6.45, 7) is 14.0. The smallest absolute Gasteiger partial charge is 0.412 e. The highest BCUT2D eigenvalue weighted by atomic mass is 16.6. The highest BCUT2D eigenvalue weighted by Gasteiger charge is 2.17. The van der Waals surface area contributed by atoms with E-state index in [1.807, 2.05) is 32.9 Å². The van der Waals surface area contributed by atoms with Gasteiger partial charge in [0.2, 0.25) is 0 Å². The predicted octanol–water partition coefficient (Wildman–Crippen LogP) is 5.92. The van der Waals surface area contributed by atoms with E-state index < -0.39 is 11.7 Å². The van der Waals surface area contributed by atoms with Gasteiger partial charge in [0.1, 0.15) is 5.60 Å². The van der Waals surface area contributed by atoms with Gasteiger partial charge in [-0.25, -0.2) is 4.79 Å². The number of hydrogen-bond donors (Lipinski definition) is 1. The third-order valence-corrected chi connectivity index (χ3v) is 4.38. The second-order valence-corrected chi connectivity index (χ2v) is 9.44. The van der Waals surface area contributed by atoms with Crippen molar-refractivity contribution >= 4 is 11.8 Å². The van der Waals surface area contributed by atoms with Crippen LogP contribution in [-0.2, 0) is 14.9 Å². The quantitative estimate of drug-likeness (QED) is 0.579. The molecule has 5 nitrogen and oxygen atoms in total. The van der Waals surface area contributed by atoms with E-state index in [0.717, 1.165) is 18.8 Å². The summed E-state index contributed by atoms with van der Waals surface area (Å²) in [5, 5.41) is 2.71. The number of nitrogens with one attached hydrogen (secondary N) is 1. The first-order chi connectivity index (χ1) is 14.5. The average molecular weight is 423 g/mol. The first-order valence-corrected chi connectivity index (χ1v) is 10.7. The Morgan fingerprint density at radius 3 is 2.16 bits per heavy atom. The van der Waals surface area contributed by atoms with Crippen LogP contribution >= 0.6 is 0 Å². The summed E-state index contributed by atoms with van der Waals surface area (Å²) < 4.78 is 10.2. The largest absolute Gasteiger partial charge is 0.444 e. The Kier molecular flexibility index (Phi) is 8.65. The van der Waals surface area contributed by atoms with Crippen LogP contribution in [0.2, 0.25) is 0 Å². The fourth-order valence-corrected chi connectivity index (χ4v) is 2.72. The number of benzene rings is 1. The molecular weight excluding hydrogens is 388 g/mol. The zero-order valence-electron chi connectivity index (χ0n) is 19.5. The van der Waals surface area contributed by atoms with E-state index in [2.05, 4.69) is 55.0 Å². The first-order valence-electron chi connectivity index (χ1n) is 10.7. The summed E-state index contributed by atoms with van der Waals surface area (Å²) in [6, 6.07) is 9.97. The molecule has 0 radical (unpaired) electrons. The number of carbonyl (C=O) groups excluding carboxylic acids is 1. The van der Waals surface area contributed by atoms with Gasteiger partial charge in [0.05, 0.1) is 17.4 Å². The zero-order chi connectivity index (χ0) is 22.9. The molecule has 0 aliphatic carbocycles. The summed E-state index contributed by atoms with van der Waals surface area (Å²) in [7, 11) is 0. The number of amides is 1. The lowest BCUT2D eigenvalue weighted by Crippen LogP contribution is -2.27.